The van der Waals surface area contributed by atoms with Crippen LogP contribution < -0.4 is 5.73 Å². The zero-order valence-corrected chi connectivity index (χ0v) is 15.7. The average molecular weight is 376 g/mol. The molecule has 0 bridgehead atoms. The molecule has 0 spiro atoms. The van der Waals surface area contributed by atoms with E-state index in [9.17, 15) is 9.59 Å². The fourth-order valence-electron chi connectivity index (χ4n) is 3.26. The first kappa shape index (κ1) is 19.6. The van der Waals surface area contributed by atoms with Gasteiger partial charge in [-0.2, -0.15) is 0 Å². The first-order valence-electron chi connectivity index (χ1n) is 9.61. The van der Waals surface area contributed by atoms with Gasteiger partial charge in [-0.25, -0.2) is 4.79 Å². The SMILES string of the molecule is CCOC(=O)N1CCC(C(=O)OCc2ccccc2)C(OCC2CC2)C1N. The molecular formula is C20H28N2O5. The Bertz CT molecular complexity index is 635. The summed E-state index contributed by atoms with van der Waals surface area (Å²) in [6.07, 6.45) is 0.911. The van der Waals surface area contributed by atoms with E-state index in [2.05, 4.69) is 0 Å². The van der Waals surface area contributed by atoms with Gasteiger partial charge >= 0.3 is 12.1 Å². The Hall–Kier alpha value is -2.12. The van der Waals surface area contributed by atoms with Crippen molar-refractivity contribution in [1.82, 2.24) is 4.90 Å². The summed E-state index contributed by atoms with van der Waals surface area (Å²) < 4.78 is 16.6. The third-order valence-electron chi connectivity index (χ3n) is 5.02. The van der Waals surface area contributed by atoms with Gasteiger partial charge in [0.05, 0.1) is 12.5 Å². The zero-order chi connectivity index (χ0) is 19.2. The third kappa shape index (κ3) is 5.20. The lowest BCUT2D eigenvalue weighted by Crippen LogP contribution is -2.61. The molecule has 1 saturated carbocycles. The number of benzene rings is 1. The molecule has 0 radical (unpaired) electrons. The number of esters is 1. The molecule has 148 valence electrons. The Kier molecular flexibility index (Phi) is 6.68. The summed E-state index contributed by atoms with van der Waals surface area (Å²) in [5, 5.41) is 0. The van der Waals surface area contributed by atoms with E-state index in [1.807, 2.05) is 30.3 Å². The summed E-state index contributed by atoms with van der Waals surface area (Å²) in [7, 11) is 0. The van der Waals surface area contributed by atoms with Crippen LogP contribution in [0.2, 0.25) is 0 Å². The molecule has 7 heteroatoms. The first-order valence-corrected chi connectivity index (χ1v) is 9.61. The molecule has 1 saturated heterocycles. The molecule has 2 N–H and O–H groups in total. The lowest BCUT2D eigenvalue weighted by atomic mass is 9.91. The molecular weight excluding hydrogens is 348 g/mol. The van der Waals surface area contributed by atoms with Crippen molar-refractivity contribution in [3.63, 3.8) is 0 Å². The number of carbonyl (C=O) groups excluding carboxylic acids is 2. The molecule has 3 atom stereocenters. The Morgan fingerprint density at radius 2 is 1.89 bits per heavy atom. The van der Waals surface area contributed by atoms with Crippen LogP contribution >= 0.6 is 0 Å². The Balaban J connectivity index is 1.64. The van der Waals surface area contributed by atoms with Gasteiger partial charge in [-0.15, -0.1) is 0 Å². The first-order chi connectivity index (χ1) is 13.1. The van der Waals surface area contributed by atoms with Gasteiger partial charge in [0.25, 0.3) is 0 Å². The number of nitrogens with two attached hydrogens (primary N) is 1. The normalized spacial score (nSPS) is 25.1. The number of nitrogens with zero attached hydrogens (tertiary/aromatic N) is 1. The fraction of sp³-hybridized carbons (Fsp3) is 0.600. The van der Waals surface area contributed by atoms with Gasteiger partial charge in [0.1, 0.15) is 18.9 Å². The average Bonchev–Trinajstić information content (AvgIpc) is 3.50. The van der Waals surface area contributed by atoms with Crippen LogP contribution in [0.5, 0.6) is 0 Å². The lowest BCUT2D eigenvalue weighted by molar-refractivity contribution is -0.163. The van der Waals surface area contributed by atoms with E-state index >= 15 is 0 Å². The minimum absolute atomic E-state index is 0.211. The predicted molar refractivity (Wildman–Crippen MR) is 98.5 cm³/mol. The third-order valence-corrected chi connectivity index (χ3v) is 5.02. The van der Waals surface area contributed by atoms with Gasteiger partial charge in [0.2, 0.25) is 0 Å². The summed E-state index contributed by atoms with van der Waals surface area (Å²) in [6, 6.07) is 9.53. The van der Waals surface area contributed by atoms with Crippen LogP contribution in [0.3, 0.4) is 0 Å². The van der Waals surface area contributed by atoms with E-state index < -0.39 is 24.3 Å². The van der Waals surface area contributed by atoms with E-state index in [0.717, 1.165) is 18.4 Å². The van der Waals surface area contributed by atoms with Crippen molar-refractivity contribution in [3.05, 3.63) is 35.9 Å². The zero-order valence-electron chi connectivity index (χ0n) is 15.7. The minimum atomic E-state index is -0.731. The molecule has 1 aliphatic carbocycles. The van der Waals surface area contributed by atoms with Crippen molar-refractivity contribution >= 4 is 12.1 Å². The molecule has 1 aliphatic heterocycles. The Morgan fingerprint density at radius 3 is 2.56 bits per heavy atom. The van der Waals surface area contributed by atoms with Gasteiger partial charge in [0, 0.05) is 13.2 Å². The number of hydrogen-bond donors (Lipinski definition) is 1. The van der Waals surface area contributed by atoms with Gasteiger partial charge in [-0.1, -0.05) is 30.3 Å². The fourth-order valence-corrected chi connectivity index (χ4v) is 3.26. The van der Waals surface area contributed by atoms with E-state index in [-0.39, 0.29) is 19.2 Å². The number of carbonyl (C=O) groups is 2. The molecule has 2 aliphatic rings. The smallest absolute Gasteiger partial charge is 0.411 e. The minimum Gasteiger partial charge on any atom is -0.461 e. The van der Waals surface area contributed by atoms with E-state index in [1.54, 1.807) is 6.92 Å². The highest BCUT2D eigenvalue weighted by molar-refractivity contribution is 5.74. The largest absolute Gasteiger partial charge is 0.461 e. The van der Waals surface area contributed by atoms with Crippen LogP contribution in [-0.4, -0.2) is 49.0 Å². The maximum Gasteiger partial charge on any atom is 0.411 e. The van der Waals surface area contributed by atoms with Gasteiger partial charge < -0.3 is 19.9 Å². The van der Waals surface area contributed by atoms with Crippen LogP contribution in [0.1, 0.15) is 31.7 Å². The molecule has 2 fully saturated rings. The van der Waals surface area contributed by atoms with Crippen molar-refractivity contribution < 1.29 is 23.8 Å². The van der Waals surface area contributed by atoms with Crippen molar-refractivity contribution in [1.29, 1.82) is 0 Å². The van der Waals surface area contributed by atoms with Crippen molar-refractivity contribution in [2.24, 2.45) is 17.6 Å². The Morgan fingerprint density at radius 1 is 1.15 bits per heavy atom. The molecule has 1 heterocycles. The number of hydrogen-bond acceptors (Lipinski definition) is 6. The van der Waals surface area contributed by atoms with E-state index in [1.165, 1.54) is 4.90 Å². The van der Waals surface area contributed by atoms with Crippen LogP contribution in [0, 0.1) is 11.8 Å². The summed E-state index contributed by atoms with van der Waals surface area (Å²) in [6.45, 7) is 3.13. The van der Waals surface area contributed by atoms with Crippen LogP contribution in [0.4, 0.5) is 4.79 Å². The van der Waals surface area contributed by atoms with Crippen LogP contribution in [-0.2, 0) is 25.6 Å². The highest BCUT2D eigenvalue weighted by atomic mass is 16.6. The monoisotopic (exact) mass is 376 g/mol. The van der Waals surface area contributed by atoms with Crippen molar-refractivity contribution in [3.8, 4) is 0 Å². The van der Waals surface area contributed by atoms with Crippen molar-refractivity contribution in [2.45, 2.75) is 45.1 Å². The highest BCUT2D eigenvalue weighted by Gasteiger charge is 2.44. The molecule has 0 aromatic heterocycles. The topological polar surface area (TPSA) is 91.1 Å². The summed E-state index contributed by atoms with van der Waals surface area (Å²) in [5.41, 5.74) is 7.21. The molecule has 1 aromatic rings. The van der Waals surface area contributed by atoms with Gasteiger partial charge in [-0.3, -0.25) is 9.69 Å². The van der Waals surface area contributed by atoms with E-state index in [0.29, 0.717) is 25.5 Å². The number of rotatable bonds is 7. The molecule has 7 nitrogen and oxygen atoms in total. The summed E-state index contributed by atoms with van der Waals surface area (Å²) in [4.78, 5) is 26.3. The van der Waals surface area contributed by atoms with Crippen LogP contribution in [0.15, 0.2) is 30.3 Å². The predicted octanol–water partition coefficient (Wildman–Crippen LogP) is 2.29. The second-order valence-corrected chi connectivity index (χ2v) is 7.11. The van der Waals surface area contributed by atoms with Gasteiger partial charge in [-0.05, 0) is 37.7 Å². The maximum absolute atomic E-state index is 12.7. The van der Waals surface area contributed by atoms with Crippen LogP contribution in [0.25, 0.3) is 0 Å². The Labute approximate surface area is 159 Å². The van der Waals surface area contributed by atoms with E-state index in [4.69, 9.17) is 19.9 Å². The second-order valence-electron chi connectivity index (χ2n) is 7.11. The second kappa shape index (κ2) is 9.19. The molecule has 27 heavy (non-hydrogen) atoms. The molecule has 3 rings (SSSR count). The standard InChI is InChI=1S/C20H28N2O5/c1-2-25-20(24)22-11-10-16(17(18(22)21)26-12-15-8-9-15)19(23)27-13-14-6-4-3-5-7-14/h3-7,15-18H,2,8-13,21H2,1H3. The van der Waals surface area contributed by atoms with Crippen molar-refractivity contribution in [2.75, 3.05) is 19.8 Å². The van der Waals surface area contributed by atoms with Gasteiger partial charge in [0.15, 0.2) is 0 Å². The molecule has 1 aromatic carbocycles. The maximum atomic E-state index is 12.7. The number of likely N-dealkylation sites (tertiary alicyclic amines) is 1. The number of amides is 1. The highest BCUT2D eigenvalue weighted by Crippen LogP contribution is 2.32. The molecule has 1 amide bonds. The molecule has 3 unspecified atom stereocenters. The number of ether oxygens (including phenoxy) is 3. The lowest BCUT2D eigenvalue weighted by Gasteiger charge is -2.41. The summed E-state index contributed by atoms with van der Waals surface area (Å²) >= 11 is 0. The number of piperidine rings is 1. The summed E-state index contributed by atoms with van der Waals surface area (Å²) in [5.74, 6) is -0.303. The quantitative estimate of drug-likeness (QED) is 0.734.